The Hall–Kier alpha value is -0.920. The van der Waals surface area contributed by atoms with Gasteiger partial charge in [0.15, 0.2) is 0 Å². The van der Waals surface area contributed by atoms with Crippen molar-refractivity contribution in [1.82, 2.24) is 10.0 Å². The fraction of sp³-hybridized carbons (Fsp3) is 0.286. The van der Waals surface area contributed by atoms with Gasteiger partial charge in [0, 0.05) is 27.9 Å². The zero-order valence-corrected chi connectivity index (χ0v) is 14.2. The van der Waals surface area contributed by atoms with Crippen LogP contribution in [0.3, 0.4) is 0 Å². The van der Waals surface area contributed by atoms with Crippen LogP contribution < -0.4 is 10.0 Å². The second-order valence-electron chi connectivity index (χ2n) is 4.62. The molecule has 0 bridgehead atoms. The number of nitrogens with one attached hydrogen (secondary N) is 2. The van der Waals surface area contributed by atoms with Crippen LogP contribution in [0.25, 0.3) is 0 Å². The van der Waals surface area contributed by atoms with Crippen molar-refractivity contribution in [2.24, 2.45) is 0 Å². The van der Waals surface area contributed by atoms with Gasteiger partial charge in [-0.3, -0.25) is 0 Å². The first-order valence-corrected chi connectivity index (χ1v) is 9.08. The number of aryl methyl sites for hydroxylation is 1. The topological polar surface area (TPSA) is 58.2 Å². The van der Waals surface area contributed by atoms with Gasteiger partial charge in [-0.25, -0.2) is 13.1 Å². The molecule has 2 rings (SSSR count). The van der Waals surface area contributed by atoms with Crippen LogP contribution >= 0.6 is 22.9 Å². The van der Waals surface area contributed by atoms with E-state index >= 15 is 0 Å². The van der Waals surface area contributed by atoms with E-state index < -0.39 is 10.0 Å². The SMILES string of the molecule is CNCc1cc(S(=O)(=O)NCc2cccc(Cl)c2)c(C)s1. The van der Waals surface area contributed by atoms with Crippen LogP contribution in [0.4, 0.5) is 0 Å². The number of halogens is 1. The van der Waals surface area contributed by atoms with E-state index in [1.807, 2.05) is 20.0 Å². The molecule has 0 atom stereocenters. The molecule has 7 heteroatoms. The number of sulfonamides is 1. The number of thiophene rings is 1. The normalized spacial score (nSPS) is 11.8. The van der Waals surface area contributed by atoms with E-state index in [4.69, 9.17) is 11.6 Å². The Bertz CT molecular complexity index is 726. The van der Waals surface area contributed by atoms with Gasteiger partial charge < -0.3 is 5.32 Å². The summed E-state index contributed by atoms with van der Waals surface area (Å²) in [5.41, 5.74) is 0.828. The van der Waals surface area contributed by atoms with Crippen molar-refractivity contribution >= 4 is 33.0 Å². The van der Waals surface area contributed by atoms with Crippen LogP contribution in [0.2, 0.25) is 5.02 Å². The Labute approximate surface area is 134 Å². The second kappa shape index (κ2) is 6.89. The summed E-state index contributed by atoms with van der Waals surface area (Å²) in [5.74, 6) is 0. The first-order chi connectivity index (χ1) is 9.92. The van der Waals surface area contributed by atoms with Crippen LogP contribution in [-0.2, 0) is 23.1 Å². The first kappa shape index (κ1) is 16.5. The average Bonchev–Trinajstić information content (AvgIpc) is 2.79. The van der Waals surface area contributed by atoms with Gasteiger partial charge in [0.05, 0.1) is 4.90 Å². The Morgan fingerprint density at radius 2 is 2.00 bits per heavy atom. The fourth-order valence-corrected chi connectivity index (χ4v) is 4.83. The molecule has 0 aliphatic rings. The van der Waals surface area contributed by atoms with Crippen LogP contribution in [0.15, 0.2) is 35.2 Å². The molecule has 0 amide bonds. The highest BCUT2D eigenvalue weighted by Crippen LogP contribution is 2.25. The van der Waals surface area contributed by atoms with E-state index in [-0.39, 0.29) is 6.54 Å². The van der Waals surface area contributed by atoms with Crippen LogP contribution in [0.1, 0.15) is 15.3 Å². The van der Waals surface area contributed by atoms with Crippen molar-refractivity contribution in [2.45, 2.75) is 24.9 Å². The quantitative estimate of drug-likeness (QED) is 0.847. The van der Waals surface area contributed by atoms with Gasteiger partial charge in [-0.15, -0.1) is 11.3 Å². The maximum absolute atomic E-state index is 12.4. The maximum Gasteiger partial charge on any atom is 0.241 e. The minimum atomic E-state index is -3.51. The monoisotopic (exact) mass is 344 g/mol. The number of hydrogen-bond donors (Lipinski definition) is 2. The minimum Gasteiger partial charge on any atom is -0.315 e. The Kier molecular flexibility index (Phi) is 5.40. The summed E-state index contributed by atoms with van der Waals surface area (Å²) in [6, 6.07) is 8.86. The Morgan fingerprint density at radius 3 is 2.67 bits per heavy atom. The zero-order chi connectivity index (χ0) is 15.5. The molecule has 0 fully saturated rings. The molecule has 0 saturated heterocycles. The third kappa shape index (κ3) is 4.28. The molecular formula is C14H17ClN2O2S2. The zero-order valence-electron chi connectivity index (χ0n) is 11.8. The average molecular weight is 345 g/mol. The molecule has 0 spiro atoms. The molecular weight excluding hydrogens is 328 g/mol. The summed E-state index contributed by atoms with van der Waals surface area (Å²) in [7, 11) is -1.68. The summed E-state index contributed by atoms with van der Waals surface area (Å²) in [4.78, 5) is 2.14. The van der Waals surface area contributed by atoms with Crippen LogP contribution in [0.5, 0.6) is 0 Å². The highest BCUT2D eigenvalue weighted by Gasteiger charge is 2.19. The predicted molar refractivity (Wildman–Crippen MR) is 87.3 cm³/mol. The van der Waals surface area contributed by atoms with Gasteiger partial charge in [0.2, 0.25) is 10.0 Å². The largest absolute Gasteiger partial charge is 0.315 e. The lowest BCUT2D eigenvalue weighted by atomic mass is 10.2. The second-order valence-corrected chi connectivity index (χ2v) is 8.13. The van der Waals surface area contributed by atoms with Crippen molar-refractivity contribution in [2.75, 3.05) is 7.05 Å². The molecule has 1 aromatic heterocycles. The smallest absolute Gasteiger partial charge is 0.241 e. The number of benzene rings is 1. The molecule has 2 N–H and O–H groups in total. The predicted octanol–water partition coefficient (Wildman–Crippen LogP) is 2.91. The van der Waals surface area contributed by atoms with Crippen molar-refractivity contribution < 1.29 is 8.42 Å². The lowest BCUT2D eigenvalue weighted by Gasteiger charge is -2.06. The van der Waals surface area contributed by atoms with E-state index in [1.54, 1.807) is 24.3 Å². The fourth-order valence-electron chi connectivity index (χ4n) is 1.96. The summed E-state index contributed by atoms with van der Waals surface area (Å²) in [6.45, 7) is 2.70. The lowest BCUT2D eigenvalue weighted by Crippen LogP contribution is -2.23. The van der Waals surface area contributed by atoms with Crippen molar-refractivity contribution in [3.63, 3.8) is 0 Å². The summed E-state index contributed by atoms with van der Waals surface area (Å²) in [5, 5.41) is 3.61. The molecule has 4 nitrogen and oxygen atoms in total. The van der Waals surface area contributed by atoms with Gasteiger partial charge in [-0.05, 0) is 37.7 Å². The van der Waals surface area contributed by atoms with Crippen LogP contribution in [0, 0.1) is 6.92 Å². The van der Waals surface area contributed by atoms with E-state index in [0.29, 0.717) is 16.5 Å². The summed E-state index contributed by atoms with van der Waals surface area (Å²) >= 11 is 7.38. The maximum atomic E-state index is 12.4. The molecule has 0 aliphatic carbocycles. The van der Waals surface area contributed by atoms with E-state index in [1.165, 1.54) is 11.3 Å². The van der Waals surface area contributed by atoms with Crippen molar-refractivity contribution in [3.05, 3.63) is 50.7 Å². The third-order valence-corrected chi connectivity index (χ3v) is 5.86. The molecule has 0 radical (unpaired) electrons. The minimum absolute atomic E-state index is 0.222. The highest BCUT2D eigenvalue weighted by atomic mass is 35.5. The lowest BCUT2D eigenvalue weighted by molar-refractivity contribution is 0.581. The third-order valence-electron chi connectivity index (χ3n) is 2.92. The van der Waals surface area contributed by atoms with Gasteiger partial charge in [-0.1, -0.05) is 23.7 Å². The Morgan fingerprint density at radius 1 is 1.24 bits per heavy atom. The van der Waals surface area contributed by atoms with E-state index in [9.17, 15) is 8.42 Å². The Balaban J connectivity index is 2.15. The van der Waals surface area contributed by atoms with Gasteiger partial charge in [0.25, 0.3) is 0 Å². The summed E-state index contributed by atoms with van der Waals surface area (Å²) < 4.78 is 27.4. The standard InChI is InChI=1S/C14H17ClN2O2S2/c1-10-14(7-13(20-10)9-16-2)21(18,19)17-8-11-4-3-5-12(15)6-11/h3-7,16-17H,8-9H2,1-2H3. The van der Waals surface area contributed by atoms with Crippen molar-refractivity contribution in [1.29, 1.82) is 0 Å². The van der Waals surface area contributed by atoms with Gasteiger partial charge >= 0.3 is 0 Å². The number of hydrogen-bond acceptors (Lipinski definition) is 4. The summed E-state index contributed by atoms with van der Waals surface area (Å²) in [6.07, 6.45) is 0. The molecule has 0 saturated carbocycles. The van der Waals surface area contributed by atoms with E-state index in [0.717, 1.165) is 15.3 Å². The molecule has 2 aromatic rings. The highest BCUT2D eigenvalue weighted by molar-refractivity contribution is 7.89. The molecule has 0 aliphatic heterocycles. The molecule has 0 unspecified atom stereocenters. The van der Waals surface area contributed by atoms with Crippen molar-refractivity contribution in [3.8, 4) is 0 Å². The molecule has 1 heterocycles. The van der Waals surface area contributed by atoms with E-state index in [2.05, 4.69) is 10.0 Å². The molecule has 21 heavy (non-hydrogen) atoms. The van der Waals surface area contributed by atoms with Gasteiger partial charge in [0.1, 0.15) is 0 Å². The molecule has 1 aromatic carbocycles. The molecule has 114 valence electrons. The first-order valence-electron chi connectivity index (χ1n) is 6.40. The van der Waals surface area contributed by atoms with Crippen LogP contribution in [-0.4, -0.2) is 15.5 Å². The van der Waals surface area contributed by atoms with Gasteiger partial charge in [-0.2, -0.15) is 0 Å². The number of rotatable bonds is 6.